The number of nitrogens with zero attached hydrogens (tertiary/aromatic N) is 1. The molecular formula is C13H24N2O3S. The standard InChI is InChI=1S/C13H24N2O3S/c1-10(2)9-11-14-13(5-6-13)12(16)15(11)7-4-8-19(3,17)18/h10-11,14H,4-9H2,1-3H3. The fraction of sp³-hybridized carbons (Fsp3) is 0.923. The van der Waals surface area contributed by atoms with Crippen molar-refractivity contribution in [1.29, 1.82) is 0 Å². The second kappa shape index (κ2) is 5.05. The van der Waals surface area contributed by atoms with E-state index in [0.29, 0.717) is 18.9 Å². The highest BCUT2D eigenvalue weighted by Gasteiger charge is 2.58. The molecule has 0 aromatic carbocycles. The summed E-state index contributed by atoms with van der Waals surface area (Å²) < 4.78 is 22.3. The molecule has 1 atom stereocenters. The maximum atomic E-state index is 12.4. The average Bonchev–Trinajstić information content (AvgIpc) is 2.97. The number of carbonyl (C=O) groups is 1. The van der Waals surface area contributed by atoms with E-state index in [-0.39, 0.29) is 23.4 Å². The lowest BCUT2D eigenvalue weighted by atomic mass is 10.1. The molecule has 1 N–H and O–H groups in total. The van der Waals surface area contributed by atoms with Crippen LogP contribution < -0.4 is 5.32 Å². The third-order valence-electron chi connectivity index (χ3n) is 3.85. The van der Waals surface area contributed by atoms with Crippen LogP contribution in [0.25, 0.3) is 0 Å². The van der Waals surface area contributed by atoms with Crippen molar-refractivity contribution in [3.63, 3.8) is 0 Å². The Morgan fingerprint density at radius 3 is 2.53 bits per heavy atom. The first-order valence-electron chi connectivity index (χ1n) is 7.00. The predicted molar refractivity (Wildman–Crippen MR) is 74.4 cm³/mol. The Bertz CT molecular complexity index is 455. The molecule has 110 valence electrons. The Morgan fingerprint density at radius 2 is 2.05 bits per heavy atom. The van der Waals surface area contributed by atoms with E-state index in [0.717, 1.165) is 19.3 Å². The van der Waals surface area contributed by atoms with Gasteiger partial charge < -0.3 is 4.90 Å². The zero-order valence-corrected chi connectivity index (χ0v) is 12.8. The van der Waals surface area contributed by atoms with Gasteiger partial charge in [0.05, 0.1) is 17.5 Å². The number of amides is 1. The Balaban J connectivity index is 1.96. The Labute approximate surface area is 115 Å². The van der Waals surface area contributed by atoms with Crippen molar-refractivity contribution in [2.75, 3.05) is 18.6 Å². The lowest BCUT2D eigenvalue weighted by Crippen LogP contribution is -2.39. The van der Waals surface area contributed by atoms with Gasteiger partial charge in [0.15, 0.2) is 0 Å². The quantitative estimate of drug-likeness (QED) is 0.783. The van der Waals surface area contributed by atoms with Gasteiger partial charge in [-0.3, -0.25) is 10.1 Å². The maximum absolute atomic E-state index is 12.4. The number of carbonyl (C=O) groups excluding carboxylic acids is 1. The van der Waals surface area contributed by atoms with Crippen LogP contribution in [-0.2, 0) is 14.6 Å². The first-order chi connectivity index (χ1) is 8.73. The van der Waals surface area contributed by atoms with E-state index < -0.39 is 9.84 Å². The van der Waals surface area contributed by atoms with Crippen molar-refractivity contribution < 1.29 is 13.2 Å². The minimum Gasteiger partial charge on any atom is -0.325 e. The molecule has 0 aromatic rings. The van der Waals surface area contributed by atoms with Gasteiger partial charge in [0.2, 0.25) is 5.91 Å². The highest BCUT2D eigenvalue weighted by Crippen LogP contribution is 2.43. The summed E-state index contributed by atoms with van der Waals surface area (Å²) in [4.78, 5) is 14.2. The first-order valence-corrected chi connectivity index (χ1v) is 9.06. The van der Waals surface area contributed by atoms with Crippen molar-refractivity contribution in [3.8, 4) is 0 Å². The molecule has 2 fully saturated rings. The Hall–Kier alpha value is -0.620. The van der Waals surface area contributed by atoms with E-state index in [1.54, 1.807) is 0 Å². The topological polar surface area (TPSA) is 66.5 Å². The second-order valence-corrected chi connectivity index (χ2v) is 8.61. The minimum absolute atomic E-state index is 0.0783. The predicted octanol–water partition coefficient (Wildman–Crippen LogP) is 0.758. The molecule has 1 amide bonds. The SMILES string of the molecule is CC(C)CC1NC2(CC2)C(=O)N1CCCS(C)(=O)=O. The number of sulfone groups is 1. The van der Waals surface area contributed by atoms with Crippen LogP contribution in [0.2, 0.25) is 0 Å². The third-order valence-corrected chi connectivity index (χ3v) is 4.88. The molecule has 1 spiro atoms. The van der Waals surface area contributed by atoms with E-state index in [9.17, 15) is 13.2 Å². The van der Waals surface area contributed by atoms with Crippen molar-refractivity contribution in [3.05, 3.63) is 0 Å². The number of hydrogen-bond donors (Lipinski definition) is 1. The van der Waals surface area contributed by atoms with Crippen molar-refractivity contribution in [2.24, 2.45) is 5.92 Å². The Morgan fingerprint density at radius 1 is 1.42 bits per heavy atom. The zero-order valence-electron chi connectivity index (χ0n) is 12.0. The summed E-state index contributed by atoms with van der Waals surface area (Å²) in [6, 6.07) is 0. The van der Waals surface area contributed by atoms with Gasteiger partial charge in [-0.2, -0.15) is 0 Å². The van der Waals surface area contributed by atoms with Gasteiger partial charge in [-0.15, -0.1) is 0 Å². The molecule has 1 unspecified atom stereocenters. The highest BCUT2D eigenvalue weighted by molar-refractivity contribution is 7.90. The fourth-order valence-corrected chi connectivity index (χ4v) is 3.40. The van der Waals surface area contributed by atoms with Crippen LogP contribution in [0.5, 0.6) is 0 Å². The van der Waals surface area contributed by atoms with E-state index in [1.807, 2.05) is 4.90 Å². The summed E-state index contributed by atoms with van der Waals surface area (Å²) in [5, 5.41) is 3.45. The summed E-state index contributed by atoms with van der Waals surface area (Å²) in [7, 11) is -2.95. The molecule has 1 aliphatic heterocycles. The number of rotatable bonds is 6. The largest absolute Gasteiger partial charge is 0.325 e. The molecule has 6 heteroatoms. The summed E-state index contributed by atoms with van der Waals surface area (Å²) in [5.74, 6) is 0.835. The Kier molecular flexibility index (Phi) is 3.93. The lowest BCUT2D eigenvalue weighted by Gasteiger charge is -2.25. The molecule has 1 saturated heterocycles. The monoisotopic (exact) mass is 288 g/mol. The molecule has 0 aromatic heterocycles. The van der Waals surface area contributed by atoms with Gasteiger partial charge >= 0.3 is 0 Å². The number of nitrogens with one attached hydrogen (secondary N) is 1. The molecule has 0 radical (unpaired) electrons. The molecule has 2 aliphatic rings. The molecule has 1 saturated carbocycles. The zero-order chi connectivity index (χ0) is 14.3. The molecule has 0 bridgehead atoms. The smallest absolute Gasteiger partial charge is 0.244 e. The van der Waals surface area contributed by atoms with E-state index in [2.05, 4.69) is 19.2 Å². The summed E-state index contributed by atoms with van der Waals surface area (Å²) in [6.45, 7) is 4.81. The van der Waals surface area contributed by atoms with Gasteiger partial charge in [-0.05, 0) is 31.6 Å². The van der Waals surface area contributed by atoms with Gasteiger partial charge in [0, 0.05) is 12.8 Å². The summed E-state index contributed by atoms with van der Waals surface area (Å²) in [6.07, 6.45) is 4.61. The fourth-order valence-electron chi connectivity index (χ4n) is 2.75. The third kappa shape index (κ3) is 3.48. The van der Waals surface area contributed by atoms with Crippen molar-refractivity contribution in [2.45, 2.75) is 51.2 Å². The normalized spacial score (nSPS) is 25.6. The van der Waals surface area contributed by atoms with Gasteiger partial charge in [0.1, 0.15) is 9.84 Å². The molecule has 19 heavy (non-hydrogen) atoms. The summed E-state index contributed by atoms with van der Waals surface area (Å²) in [5.41, 5.74) is -0.301. The van der Waals surface area contributed by atoms with Crippen LogP contribution in [0.1, 0.15) is 39.5 Å². The van der Waals surface area contributed by atoms with E-state index in [4.69, 9.17) is 0 Å². The van der Waals surface area contributed by atoms with Gasteiger partial charge in [-0.25, -0.2) is 8.42 Å². The lowest BCUT2D eigenvalue weighted by molar-refractivity contribution is -0.130. The molecule has 5 nitrogen and oxygen atoms in total. The molecule has 1 heterocycles. The molecular weight excluding hydrogens is 264 g/mol. The first kappa shape index (κ1) is 14.8. The minimum atomic E-state index is -2.95. The summed E-state index contributed by atoms with van der Waals surface area (Å²) >= 11 is 0. The van der Waals surface area contributed by atoms with Crippen LogP contribution in [0, 0.1) is 5.92 Å². The van der Waals surface area contributed by atoms with Gasteiger partial charge in [0.25, 0.3) is 0 Å². The highest BCUT2D eigenvalue weighted by atomic mass is 32.2. The van der Waals surface area contributed by atoms with E-state index >= 15 is 0 Å². The average molecular weight is 288 g/mol. The van der Waals surface area contributed by atoms with Crippen LogP contribution in [-0.4, -0.2) is 49.5 Å². The van der Waals surface area contributed by atoms with Crippen LogP contribution in [0.15, 0.2) is 0 Å². The molecule has 1 aliphatic carbocycles. The number of hydrogen-bond acceptors (Lipinski definition) is 4. The maximum Gasteiger partial charge on any atom is 0.244 e. The van der Waals surface area contributed by atoms with Crippen molar-refractivity contribution in [1.82, 2.24) is 10.2 Å². The van der Waals surface area contributed by atoms with Gasteiger partial charge in [-0.1, -0.05) is 13.8 Å². The van der Waals surface area contributed by atoms with Crippen LogP contribution in [0.4, 0.5) is 0 Å². The second-order valence-electron chi connectivity index (χ2n) is 6.35. The van der Waals surface area contributed by atoms with Crippen molar-refractivity contribution >= 4 is 15.7 Å². The van der Waals surface area contributed by atoms with Crippen LogP contribution >= 0.6 is 0 Å². The molecule has 2 rings (SSSR count). The van der Waals surface area contributed by atoms with E-state index in [1.165, 1.54) is 6.26 Å². The van der Waals surface area contributed by atoms with Crippen LogP contribution in [0.3, 0.4) is 0 Å².